The third-order valence-electron chi connectivity index (χ3n) is 2.76. The normalized spacial score (nSPS) is 10.8. The maximum atomic E-state index is 11.0. The van der Waals surface area contributed by atoms with Crippen molar-refractivity contribution in [3.63, 3.8) is 0 Å². The van der Waals surface area contributed by atoms with E-state index in [0.717, 1.165) is 16.3 Å². The summed E-state index contributed by atoms with van der Waals surface area (Å²) in [6, 6.07) is 5.26. The molecule has 0 aliphatic rings. The van der Waals surface area contributed by atoms with Gasteiger partial charge in [-0.2, -0.15) is 0 Å². The molecule has 3 aromatic heterocycles. The summed E-state index contributed by atoms with van der Waals surface area (Å²) in [5, 5.41) is 11.7. The fourth-order valence-corrected chi connectivity index (χ4v) is 2.63. The molecule has 0 atom stereocenters. The highest BCUT2D eigenvalue weighted by atomic mass is 32.1. The Hall–Kier alpha value is -2.34. The molecule has 0 saturated carbocycles. The predicted molar refractivity (Wildman–Crippen MR) is 71.2 cm³/mol. The summed E-state index contributed by atoms with van der Waals surface area (Å²) >= 11 is 1.46. The Bertz CT molecular complexity index is 725. The van der Waals surface area contributed by atoms with Gasteiger partial charge in [0.05, 0.1) is 12.0 Å². The Balaban J connectivity index is 1.99. The van der Waals surface area contributed by atoms with Crippen LogP contribution in [0, 0.1) is 0 Å². The molecule has 0 amide bonds. The van der Waals surface area contributed by atoms with E-state index in [1.165, 1.54) is 11.3 Å². The maximum absolute atomic E-state index is 11.0. The van der Waals surface area contributed by atoms with Crippen molar-refractivity contribution < 1.29 is 14.3 Å². The fourth-order valence-electron chi connectivity index (χ4n) is 1.84. The molecule has 0 fully saturated rings. The van der Waals surface area contributed by atoms with Gasteiger partial charge in [-0.3, -0.25) is 0 Å². The predicted octanol–water partition coefficient (Wildman–Crippen LogP) is 3.11. The lowest BCUT2D eigenvalue weighted by Gasteiger charge is -1.93. The van der Waals surface area contributed by atoms with Gasteiger partial charge in [-0.05, 0) is 18.2 Å². The molecule has 0 saturated heterocycles. The highest BCUT2D eigenvalue weighted by Gasteiger charge is 2.14. The first kappa shape index (κ1) is 11.7. The first-order chi connectivity index (χ1) is 9.15. The molecule has 5 nitrogen and oxygen atoms in total. The molecular formula is C13H10N2O3S. The fraction of sp³-hybridized carbons (Fsp3) is 0.0769. The second-order valence-corrected chi connectivity index (χ2v) is 4.90. The summed E-state index contributed by atoms with van der Waals surface area (Å²) < 4.78 is 6.86. The largest absolute Gasteiger partial charge is 0.477 e. The van der Waals surface area contributed by atoms with Gasteiger partial charge < -0.3 is 14.1 Å². The van der Waals surface area contributed by atoms with E-state index in [1.54, 1.807) is 30.1 Å². The van der Waals surface area contributed by atoms with Gasteiger partial charge in [0.15, 0.2) is 10.8 Å². The van der Waals surface area contributed by atoms with Gasteiger partial charge in [0.1, 0.15) is 5.69 Å². The monoisotopic (exact) mass is 274 g/mol. The summed E-state index contributed by atoms with van der Waals surface area (Å²) in [7, 11) is 1.70. The number of hydrogen-bond donors (Lipinski definition) is 1. The number of aromatic nitrogens is 2. The van der Waals surface area contributed by atoms with E-state index < -0.39 is 5.97 Å². The Morgan fingerprint density at radius 2 is 2.37 bits per heavy atom. The van der Waals surface area contributed by atoms with Gasteiger partial charge >= 0.3 is 5.97 Å². The van der Waals surface area contributed by atoms with E-state index in [0.29, 0.717) is 5.76 Å². The number of aryl methyl sites for hydroxylation is 1. The van der Waals surface area contributed by atoms with Crippen LogP contribution in [0.1, 0.15) is 10.5 Å². The number of hydrogen-bond acceptors (Lipinski definition) is 4. The summed E-state index contributed by atoms with van der Waals surface area (Å²) in [6.45, 7) is 0. The van der Waals surface area contributed by atoms with Crippen LogP contribution < -0.4 is 0 Å². The summed E-state index contributed by atoms with van der Waals surface area (Å²) in [5.41, 5.74) is 1.77. The number of aromatic carboxylic acids is 1. The number of nitrogens with zero attached hydrogens (tertiary/aromatic N) is 2. The van der Waals surface area contributed by atoms with Gasteiger partial charge in [-0.25, -0.2) is 9.78 Å². The lowest BCUT2D eigenvalue weighted by Crippen LogP contribution is -2.02. The van der Waals surface area contributed by atoms with Gasteiger partial charge in [-0.15, -0.1) is 11.3 Å². The minimum Gasteiger partial charge on any atom is -0.477 e. The molecule has 0 bridgehead atoms. The molecule has 0 radical (unpaired) electrons. The highest BCUT2D eigenvalue weighted by molar-refractivity contribution is 7.13. The molecule has 0 aliphatic heterocycles. The Morgan fingerprint density at radius 1 is 1.53 bits per heavy atom. The van der Waals surface area contributed by atoms with E-state index in [4.69, 9.17) is 9.52 Å². The first-order valence-electron chi connectivity index (χ1n) is 5.54. The van der Waals surface area contributed by atoms with Crippen LogP contribution in [-0.4, -0.2) is 20.6 Å². The number of carboxylic acid groups (broad SMARTS) is 1. The van der Waals surface area contributed by atoms with E-state index in [-0.39, 0.29) is 5.69 Å². The van der Waals surface area contributed by atoms with Crippen molar-refractivity contribution in [2.24, 2.45) is 7.05 Å². The molecule has 1 N–H and O–H groups in total. The summed E-state index contributed by atoms with van der Waals surface area (Å²) in [6.07, 6.45) is 3.35. The second-order valence-electron chi connectivity index (χ2n) is 4.05. The van der Waals surface area contributed by atoms with Crippen molar-refractivity contribution in [3.8, 4) is 22.0 Å². The van der Waals surface area contributed by atoms with Crippen LogP contribution in [0.5, 0.6) is 0 Å². The highest BCUT2D eigenvalue weighted by Crippen LogP contribution is 2.29. The van der Waals surface area contributed by atoms with E-state index in [9.17, 15) is 4.79 Å². The number of carboxylic acids is 1. The van der Waals surface area contributed by atoms with Gasteiger partial charge in [0.25, 0.3) is 0 Å². The van der Waals surface area contributed by atoms with Gasteiger partial charge in [0, 0.05) is 24.2 Å². The Labute approximate surface area is 112 Å². The molecule has 3 heterocycles. The molecule has 0 unspecified atom stereocenters. The zero-order valence-corrected chi connectivity index (χ0v) is 10.8. The second kappa shape index (κ2) is 4.40. The van der Waals surface area contributed by atoms with Crippen LogP contribution in [0.25, 0.3) is 22.0 Å². The lowest BCUT2D eigenvalue weighted by molar-refractivity contribution is 0.0686. The molecular weight excluding hydrogens is 264 g/mol. The summed E-state index contributed by atoms with van der Waals surface area (Å²) in [5.74, 6) is -0.235. The molecule has 3 rings (SSSR count). The number of thiazole rings is 1. The number of rotatable bonds is 3. The third kappa shape index (κ3) is 2.06. The summed E-state index contributed by atoms with van der Waals surface area (Å²) in [4.78, 5) is 15.5. The smallest absolute Gasteiger partial charge is 0.352 e. The van der Waals surface area contributed by atoms with Gasteiger partial charge in [-0.1, -0.05) is 0 Å². The van der Waals surface area contributed by atoms with Crippen LogP contribution in [-0.2, 0) is 7.05 Å². The standard InChI is InChI=1S/C13H10N2O3S/c1-15-6-8(5-10(15)13(16)17)9-7-19-12(14-9)11-3-2-4-18-11/h2-7H,1H3,(H,16,17). The van der Waals surface area contributed by atoms with Crippen molar-refractivity contribution in [1.82, 2.24) is 9.55 Å². The van der Waals surface area contributed by atoms with Crippen molar-refractivity contribution in [1.29, 1.82) is 0 Å². The number of furan rings is 1. The molecule has 19 heavy (non-hydrogen) atoms. The average Bonchev–Trinajstić information content (AvgIpc) is 3.08. The zero-order chi connectivity index (χ0) is 13.4. The SMILES string of the molecule is Cn1cc(-c2csc(-c3ccco3)n2)cc1C(=O)O. The van der Waals surface area contributed by atoms with E-state index in [2.05, 4.69) is 4.98 Å². The molecule has 0 aromatic carbocycles. The van der Waals surface area contributed by atoms with Crippen LogP contribution in [0.15, 0.2) is 40.5 Å². The van der Waals surface area contributed by atoms with Crippen LogP contribution in [0.3, 0.4) is 0 Å². The molecule has 0 spiro atoms. The third-order valence-corrected chi connectivity index (χ3v) is 3.61. The van der Waals surface area contributed by atoms with Crippen molar-refractivity contribution in [2.75, 3.05) is 0 Å². The van der Waals surface area contributed by atoms with E-state index in [1.807, 2.05) is 17.5 Å². The van der Waals surface area contributed by atoms with Crippen LogP contribution in [0.2, 0.25) is 0 Å². The topological polar surface area (TPSA) is 68.3 Å². The lowest BCUT2D eigenvalue weighted by atomic mass is 10.2. The molecule has 96 valence electrons. The first-order valence-corrected chi connectivity index (χ1v) is 6.42. The minimum atomic E-state index is -0.949. The molecule has 3 aromatic rings. The minimum absolute atomic E-state index is 0.238. The van der Waals surface area contributed by atoms with E-state index >= 15 is 0 Å². The Kier molecular flexibility index (Phi) is 2.72. The zero-order valence-electron chi connectivity index (χ0n) is 10.0. The number of carbonyl (C=O) groups is 1. The quantitative estimate of drug-likeness (QED) is 0.796. The van der Waals surface area contributed by atoms with Crippen molar-refractivity contribution in [3.05, 3.63) is 41.7 Å². The van der Waals surface area contributed by atoms with Crippen LogP contribution >= 0.6 is 11.3 Å². The average molecular weight is 274 g/mol. The van der Waals surface area contributed by atoms with Gasteiger partial charge in [0.2, 0.25) is 0 Å². The molecule has 0 aliphatic carbocycles. The Morgan fingerprint density at radius 3 is 3.00 bits per heavy atom. The molecule has 6 heteroatoms. The maximum Gasteiger partial charge on any atom is 0.352 e. The van der Waals surface area contributed by atoms with Crippen molar-refractivity contribution in [2.45, 2.75) is 0 Å². The van der Waals surface area contributed by atoms with Crippen LogP contribution in [0.4, 0.5) is 0 Å². The van der Waals surface area contributed by atoms with Crippen molar-refractivity contribution >= 4 is 17.3 Å².